The lowest BCUT2D eigenvalue weighted by atomic mass is 10.3. The summed E-state index contributed by atoms with van der Waals surface area (Å²) in [5.74, 6) is -0.645. The van der Waals surface area contributed by atoms with E-state index in [1.54, 1.807) is 21.0 Å². The Balaban J connectivity index is 3.93. The maximum absolute atomic E-state index is 11.0. The fraction of sp³-hybridized carbons (Fsp3) is 0.714. The summed E-state index contributed by atoms with van der Waals surface area (Å²) in [6, 6.07) is 0. The predicted octanol–water partition coefficient (Wildman–Crippen LogP) is 0.0262. The highest BCUT2D eigenvalue weighted by Crippen LogP contribution is 1.94. The van der Waals surface area contributed by atoms with Crippen LogP contribution in [0.5, 0.6) is 0 Å². The van der Waals surface area contributed by atoms with Crippen LogP contribution in [-0.4, -0.2) is 37.0 Å². The second-order valence-corrected chi connectivity index (χ2v) is 2.48. The molecule has 11 heavy (non-hydrogen) atoms. The highest BCUT2D eigenvalue weighted by atomic mass is 16.5. The summed E-state index contributed by atoms with van der Waals surface area (Å²) in [6.07, 6.45) is -0.678. The Kier molecular flexibility index (Phi) is 3.57. The van der Waals surface area contributed by atoms with E-state index in [1.165, 1.54) is 11.8 Å². The van der Waals surface area contributed by atoms with Crippen LogP contribution in [0.2, 0.25) is 0 Å². The molecule has 0 radical (unpaired) electrons. The molecule has 0 spiro atoms. The summed E-state index contributed by atoms with van der Waals surface area (Å²) < 4.78 is 4.64. The van der Waals surface area contributed by atoms with E-state index in [1.807, 2.05) is 0 Å². The Morgan fingerprint density at radius 1 is 1.36 bits per heavy atom. The van der Waals surface area contributed by atoms with Crippen molar-refractivity contribution in [3.63, 3.8) is 0 Å². The van der Waals surface area contributed by atoms with E-state index < -0.39 is 12.1 Å². The lowest BCUT2D eigenvalue weighted by molar-refractivity contribution is -0.156. The van der Waals surface area contributed by atoms with Crippen molar-refractivity contribution in [3.05, 3.63) is 0 Å². The van der Waals surface area contributed by atoms with Gasteiger partial charge in [0.1, 0.15) is 0 Å². The summed E-state index contributed by atoms with van der Waals surface area (Å²) in [7, 11) is 3.23. The highest BCUT2D eigenvalue weighted by Gasteiger charge is 2.16. The first kappa shape index (κ1) is 9.94. The third kappa shape index (κ3) is 3.60. The zero-order chi connectivity index (χ0) is 9.02. The van der Waals surface area contributed by atoms with E-state index in [9.17, 15) is 9.59 Å². The second kappa shape index (κ2) is 3.95. The van der Waals surface area contributed by atoms with Gasteiger partial charge in [0.05, 0.1) is 0 Å². The smallest absolute Gasteiger partial charge is 0.303 e. The Bertz CT molecular complexity index is 165. The first-order valence-corrected chi connectivity index (χ1v) is 3.33. The van der Waals surface area contributed by atoms with Crippen LogP contribution in [0.25, 0.3) is 0 Å². The number of nitrogens with zero attached hydrogens (tertiary/aromatic N) is 1. The Labute approximate surface area is 66.1 Å². The molecule has 0 aromatic carbocycles. The molecule has 0 aromatic heterocycles. The SMILES string of the molecule is CC(=O)O[C@H](C)C(=O)N(C)C. The van der Waals surface area contributed by atoms with E-state index in [4.69, 9.17) is 0 Å². The fourth-order valence-corrected chi connectivity index (χ4v) is 0.663. The van der Waals surface area contributed by atoms with Crippen molar-refractivity contribution >= 4 is 11.9 Å². The minimum absolute atomic E-state index is 0.208. The molecule has 1 amide bonds. The van der Waals surface area contributed by atoms with E-state index in [0.29, 0.717) is 0 Å². The number of hydrogen-bond donors (Lipinski definition) is 0. The zero-order valence-electron chi connectivity index (χ0n) is 7.25. The number of ether oxygens (including phenoxy) is 1. The number of amides is 1. The number of rotatable bonds is 2. The van der Waals surface area contributed by atoms with Crippen molar-refractivity contribution in [3.8, 4) is 0 Å². The molecule has 0 bridgehead atoms. The van der Waals surface area contributed by atoms with Gasteiger partial charge in [0, 0.05) is 21.0 Å². The number of carbonyl (C=O) groups excluding carboxylic acids is 2. The second-order valence-electron chi connectivity index (χ2n) is 2.48. The normalized spacial score (nSPS) is 12.0. The van der Waals surface area contributed by atoms with Crippen LogP contribution in [0.4, 0.5) is 0 Å². The van der Waals surface area contributed by atoms with Gasteiger partial charge >= 0.3 is 5.97 Å². The molecule has 64 valence electrons. The Hall–Kier alpha value is -1.06. The number of likely N-dealkylation sites (N-methyl/N-ethyl adjacent to an activating group) is 1. The van der Waals surface area contributed by atoms with Crippen molar-refractivity contribution in [2.45, 2.75) is 20.0 Å². The van der Waals surface area contributed by atoms with Crippen molar-refractivity contribution in [1.82, 2.24) is 4.90 Å². The largest absolute Gasteiger partial charge is 0.453 e. The van der Waals surface area contributed by atoms with Gasteiger partial charge in [-0.05, 0) is 6.92 Å². The van der Waals surface area contributed by atoms with Crippen LogP contribution >= 0.6 is 0 Å². The summed E-state index contributed by atoms with van der Waals surface area (Å²) in [6.45, 7) is 2.82. The van der Waals surface area contributed by atoms with Crippen LogP contribution in [0.3, 0.4) is 0 Å². The molecule has 0 aliphatic heterocycles. The molecule has 1 atom stereocenters. The molecule has 4 heteroatoms. The number of carbonyl (C=O) groups is 2. The molecule has 0 aromatic rings. The summed E-state index contributed by atoms with van der Waals surface area (Å²) in [5, 5.41) is 0. The van der Waals surface area contributed by atoms with Gasteiger partial charge in [0.2, 0.25) is 0 Å². The lowest BCUT2D eigenvalue weighted by Gasteiger charge is -2.15. The third-order valence-corrected chi connectivity index (χ3v) is 1.13. The summed E-state index contributed by atoms with van der Waals surface area (Å²) in [4.78, 5) is 22.8. The molecule has 0 rings (SSSR count). The molecular formula is C7H13NO3. The third-order valence-electron chi connectivity index (χ3n) is 1.13. The van der Waals surface area contributed by atoms with Gasteiger partial charge in [0.25, 0.3) is 5.91 Å². The van der Waals surface area contributed by atoms with Crippen molar-refractivity contribution in [2.24, 2.45) is 0 Å². The lowest BCUT2D eigenvalue weighted by Crippen LogP contribution is -2.34. The standard InChI is InChI=1S/C7H13NO3/c1-5(11-6(2)9)7(10)8(3)4/h5H,1-4H3/t5-/m1/s1. The van der Waals surface area contributed by atoms with Gasteiger partial charge in [-0.3, -0.25) is 9.59 Å². The monoisotopic (exact) mass is 159 g/mol. The summed E-state index contributed by atoms with van der Waals surface area (Å²) >= 11 is 0. The number of esters is 1. The van der Waals surface area contributed by atoms with E-state index in [0.717, 1.165) is 0 Å². The van der Waals surface area contributed by atoms with Gasteiger partial charge in [-0.15, -0.1) is 0 Å². The average molecular weight is 159 g/mol. The highest BCUT2D eigenvalue weighted by molar-refractivity contribution is 5.82. The Morgan fingerprint density at radius 2 is 1.82 bits per heavy atom. The van der Waals surface area contributed by atoms with Crippen molar-refractivity contribution in [1.29, 1.82) is 0 Å². The topological polar surface area (TPSA) is 46.6 Å². The van der Waals surface area contributed by atoms with Crippen molar-refractivity contribution in [2.75, 3.05) is 14.1 Å². The predicted molar refractivity (Wildman–Crippen MR) is 39.9 cm³/mol. The minimum Gasteiger partial charge on any atom is -0.453 e. The molecule has 0 fully saturated rings. The van der Waals surface area contributed by atoms with Gasteiger partial charge in [-0.1, -0.05) is 0 Å². The maximum atomic E-state index is 11.0. The molecule has 4 nitrogen and oxygen atoms in total. The molecule has 0 unspecified atom stereocenters. The Morgan fingerprint density at radius 3 is 2.09 bits per heavy atom. The molecule has 0 aliphatic carbocycles. The fourth-order valence-electron chi connectivity index (χ4n) is 0.663. The van der Waals surface area contributed by atoms with E-state index in [2.05, 4.69) is 4.74 Å². The van der Waals surface area contributed by atoms with Crippen LogP contribution < -0.4 is 0 Å². The maximum Gasteiger partial charge on any atom is 0.303 e. The van der Waals surface area contributed by atoms with Crippen LogP contribution in [0.1, 0.15) is 13.8 Å². The molecule has 0 heterocycles. The van der Waals surface area contributed by atoms with Crippen LogP contribution in [0, 0.1) is 0 Å². The number of hydrogen-bond acceptors (Lipinski definition) is 3. The zero-order valence-corrected chi connectivity index (χ0v) is 7.25. The van der Waals surface area contributed by atoms with Crippen LogP contribution in [-0.2, 0) is 14.3 Å². The minimum atomic E-state index is -0.678. The molecule has 0 saturated heterocycles. The first-order valence-electron chi connectivity index (χ1n) is 3.33. The summed E-state index contributed by atoms with van der Waals surface area (Å²) in [5.41, 5.74) is 0. The molecular weight excluding hydrogens is 146 g/mol. The molecule has 0 N–H and O–H groups in total. The average Bonchev–Trinajstić information content (AvgIpc) is 1.84. The van der Waals surface area contributed by atoms with Gasteiger partial charge in [0.15, 0.2) is 6.10 Å². The quantitative estimate of drug-likeness (QED) is 0.534. The molecule has 0 saturated carbocycles. The van der Waals surface area contributed by atoms with Crippen molar-refractivity contribution < 1.29 is 14.3 Å². The first-order chi connectivity index (χ1) is 4.95. The van der Waals surface area contributed by atoms with Gasteiger partial charge in [-0.25, -0.2) is 0 Å². The molecule has 0 aliphatic rings. The van der Waals surface area contributed by atoms with E-state index in [-0.39, 0.29) is 5.91 Å². The van der Waals surface area contributed by atoms with Gasteiger partial charge < -0.3 is 9.64 Å². The van der Waals surface area contributed by atoms with Gasteiger partial charge in [-0.2, -0.15) is 0 Å². The van der Waals surface area contributed by atoms with Crippen LogP contribution in [0.15, 0.2) is 0 Å². The van der Waals surface area contributed by atoms with E-state index >= 15 is 0 Å².